The van der Waals surface area contributed by atoms with Gasteiger partial charge in [0.2, 0.25) is 0 Å². The molecule has 0 aliphatic carbocycles. The van der Waals surface area contributed by atoms with Gasteiger partial charge in [-0.05, 0) is 52.9 Å². The van der Waals surface area contributed by atoms with Crippen molar-refractivity contribution in [2.75, 3.05) is 0 Å². The summed E-state index contributed by atoms with van der Waals surface area (Å²) >= 11 is 0. The molecular formula is C16H15N5O3. The number of aryl methyl sites for hydroxylation is 2. The molecule has 0 radical (unpaired) electrons. The molecule has 1 heterocycles. The highest BCUT2D eigenvalue weighted by Gasteiger charge is 2.24. The third-order valence-corrected chi connectivity index (χ3v) is 3.50. The van der Waals surface area contributed by atoms with Crippen molar-refractivity contribution >= 4 is 11.5 Å². The first kappa shape index (κ1) is 15.5. The molecule has 8 nitrogen and oxygen atoms in total. The van der Waals surface area contributed by atoms with Crippen molar-refractivity contribution in [2.24, 2.45) is 4.99 Å². The van der Waals surface area contributed by atoms with Crippen LogP contribution in [0.5, 0.6) is 0 Å². The zero-order valence-corrected chi connectivity index (χ0v) is 13.1. The van der Waals surface area contributed by atoms with Crippen LogP contribution in [0.3, 0.4) is 0 Å². The minimum atomic E-state index is -0.671. The molecular weight excluding hydrogens is 310 g/mol. The van der Waals surface area contributed by atoms with Gasteiger partial charge in [-0.15, -0.1) is 0 Å². The van der Waals surface area contributed by atoms with Crippen LogP contribution < -0.4 is 5.49 Å². The summed E-state index contributed by atoms with van der Waals surface area (Å²) in [5.74, 6) is -0.526. The van der Waals surface area contributed by atoms with Gasteiger partial charge in [0.05, 0.1) is 10.8 Å². The number of para-hydroxylation sites is 1. The van der Waals surface area contributed by atoms with Gasteiger partial charge in [-0.25, -0.2) is 4.99 Å². The second kappa shape index (κ2) is 5.99. The van der Waals surface area contributed by atoms with E-state index in [0.717, 1.165) is 15.9 Å². The lowest BCUT2D eigenvalue weighted by Gasteiger charge is -2.02. The number of aromatic nitrogens is 3. The van der Waals surface area contributed by atoms with Gasteiger partial charge < -0.3 is 15.3 Å². The molecule has 0 bridgehead atoms. The van der Waals surface area contributed by atoms with Crippen molar-refractivity contribution in [2.45, 2.75) is 13.8 Å². The third-order valence-electron chi connectivity index (χ3n) is 3.50. The standard InChI is InChI=1S/C16H15N5O3/c1-11-6-5-8-13(10-11)17-15-16(21(23)24)18-19(20(15)22)14-9-4-3-7-12(14)2/h3-10,22H,1-2H3. The Labute approximate surface area is 137 Å². The molecule has 0 fully saturated rings. The van der Waals surface area contributed by atoms with Crippen molar-refractivity contribution in [1.29, 1.82) is 0 Å². The number of benzene rings is 2. The van der Waals surface area contributed by atoms with E-state index in [2.05, 4.69) is 10.1 Å². The van der Waals surface area contributed by atoms with Crippen LogP contribution in [0.2, 0.25) is 0 Å². The fraction of sp³-hybridized carbons (Fsp3) is 0.125. The van der Waals surface area contributed by atoms with Gasteiger partial charge >= 0.3 is 5.82 Å². The molecule has 0 atom stereocenters. The van der Waals surface area contributed by atoms with E-state index >= 15 is 0 Å². The quantitative estimate of drug-likeness (QED) is 0.454. The number of nitro groups is 1. The molecule has 0 aliphatic heterocycles. The van der Waals surface area contributed by atoms with Crippen molar-refractivity contribution in [3.8, 4) is 5.69 Å². The van der Waals surface area contributed by atoms with Gasteiger partial charge in [0.1, 0.15) is 5.69 Å². The van der Waals surface area contributed by atoms with Crippen LogP contribution in [-0.2, 0) is 0 Å². The molecule has 122 valence electrons. The minimum Gasteiger partial charge on any atom is -0.409 e. The Morgan fingerprint density at radius 1 is 1.17 bits per heavy atom. The lowest BCUT2D eigenvalue weighted by Crippen LogP contribution is -2.22. The van der Waals surface area contributed by atoms with Gasteiger partial charge in [-0.3, -0.25) is 0 Å². The summed E-state index contributed by atoms with van der Waals surface area (Å²) in [4.78, 5) is 16.5. The van der Waals surface area contributed by atoms with E-state index in [9.17, 15) is 15.3 Å². The van der Waals surface area contributed by atoms with E-state index in [1.165, 1.54) is 0 Å². The van der Waals surface area contributed by atoms with Gasteiger partial charge in [-0.2, -0.15) is 0 Å². The monoisotopic (exact) mass is 325 g/mol. The van der Waals surface area contributed by atoms with E-state index in [0.29, 0.717) is 16.2 Å². The molecule has 1 aromatic heterocycles. The van der Waals surface area contributed by atoms with Crippen LogP contribution >= 0.6 is 0 Å². The number of rotatable bonds is 3. The second-order valence-electron chi connectivity index (χ2n) is 5.32. The van der Waals surface area contributed by atoms with E-state index < -0.39 is 10.7 Å². The van der Waals surface area contributed by atoms with E-state index in [4.69, 9.17) is 0 Å². The molecule has 0 saturated carbocycles. The number of hydrogen-bond donors (Lipinski definition) is 1. The molecule has 1 N–H and O–H groups in total. The summed E-state index contributed by atoms with van der Waals surface area (Å²) in [6, 6.07) is 14.2. The fourth-order valence-corrected chi connectivity index (χ4v) is 2.33. The summed E-state index contributed by atoms with van der Waals surface area (Å²) in [6.45, 7) is 3.71. The van der Waals surface area contributed by atoms with E-state index in [-0.39, 0.29) is 5.49 Å². The minimum absolute atomic E-state index is 0.242. The second-order valence-corrected chi connectivity index (χ2v) is 5.32. The Hall–Kier alpha value is -3.42. The average Bonchev–Trinajstić information content (AvgIpc) is 2.85. The van der Waals surface area contributed by atoms with Gasteiger partial charge in [-0.1, -0.05) is 35.2 Å². The van der Waals surface area contributed by atoms with Crippen molar-refractivity contribution in [1.82, 2.24) is 14.7 Å². The largest absolute Gasteiger partial charge is 0.438 e. The number of nitrogens with zero attached hydrogens (tertiary/aromatic N) is 5. The molecule has 0 spiro atoms. The van der Waals surface area contributed by atoms with Crippen molar-refractivity contribution < 1.29 is 10.1 Å². The maximum Gasteiger partial charge on any atom is 0.438 e. The first-order chi connectivity index (χ1) is 11.5. The highest BCUT2D eigenvalue weighted by atomic mass is 16.6. The average molecular weight is 325 g/mol. The van der Waals surface area contributed by atoms with Crippen LogP contribution in [0, 0.1) is 24.0 Å². The van der Waals surface area contributed by atoms with Gasteiger partial charge in [0.15, 0.2) is 0 Å². The Bertz CT molecular complexity index is 987. The fourth-order valence-electron chi connectivity index (χ4n) is 2.33. The first-order valence-electron chi connectivity index (χ1n) is 7.21. The Morgan fingerprint density at radius 2 is 1.92 bits per heavy atom. The lowest BCUT2D eigenvalue weighted by atomic mass is 10.2. The first-order valence-corrected chi connectivity index (χ1v) is 7.21. The zero-order valence-electron chi connectivity index (χ0n) is 13.1. The third kappa shape index (κ3) is 2.76. The highest BCUT2D eigenvalue weighted by molar-refractivity contribution is 5.41. The van der Waals surface area contributed by atoms with Crippen molar-refractivity contribution in [3.05, 3.63) is 75.3 Å². The molecule has 0 amide bonds. The molecule has 3 rings (SSSR count). The predicted octanol–water partition coefficient (Wildman–Crippen LogP) is 2.67. The lowest BCUT2D eigenvalue weighted by molar-refractivity contribution is -0.391. The molecule has 2 aromatic carbocycles. The SMILES string of the molecule is Cc1cccc(N=c2c([N+](=O)[O-])nn(-c3ccccc3C)n2O)c1. The van der Waals surface area contributed by atoms with Crippen LogP contribution in [0.15, 0.2) is 53.5 Å². The van der Waals surface area contributed by atoms with Gasteiger partial charge in [0, 0.05) is 0 Å². The maximum atomic E-state index is 11.3. The molecule has 8 heteroatoms. The maximum absolute atomic E-state index is 11.3. The topological polar surface area (TPSA) is 98.5 Å². The Balaban J connectivity index is 2.27. The molecule has 3 aromatic rings. The van der Waals surface area contributed by atoms with Gasteiger partial charge in [0.25, 0.3) is 5.49 Å². The molecule has 0 unspecified atom stereocenters. The van der Waals surface area contributed by atoms with Crippen LogP contribution in [0.25, 0.3) is 5.69 Å². The predicted molar refractivity (Wildman–Crippen MR) is 86.5 cm³/mol. The summed E-state index contributed by atoms with van der Waals surface area (Å²) in [5, 5.41) is 25.6. The normalized spacial score (nSPS) is 11.7. The molecule has 0 aliphatic rings. The van der Waals surface area contributed by atoms with E-state index in [1.807, 2.05) is 32.0 Å². The zero-order chi connectivity index (χ0) is 17.3. The Kier molecular flexibility index (Phi) is 3.87. The molecule has 24 heavy (non-hydrogen) atoms. The number of hydrogen-bond acceptors (Lipinski definition) is 5. The van der Waals surface area contributed by atoms with E-state index in [1.54, 1.807) is 30.3 Å². The van der Waals surface area contributed by atoms with Crippen molar-refractivity contribution in [3.63, 3.8) is 0 Å². The highest BCUT2D eigenvalue weighted by Crippen LogP contribution is 2.15. The summed E-state index contributed by atoms with van der Waals surface area (Å²) in [5.41, 5.74) is 2.53. The smallest absolute Gasteiger partial charge is 0.409 e. The molecule has 0 saturated heterocycles. The Morgan fingerprint density at radius 3 is 2.58 bits per heavy atom. The van der Waals surface area contributed by atoms with Crippen LogP contribution in [0.1, 0.15) is 11.1 Å². The summed E-state index contributed by atoms with van der Waals surface area (Å²) in [7, 11) is 0. The van der Waals surface area contributed by atoms with Crippen LogP contribution in [-0.4, -0.2) is 24.9 Å². The summed E-state index contributed by atoms with van der Waals surface area (Å²) < 4.78 is 0. The summed E-state index contributed by atoms with van der Waals surface area (Å²) in [6.07, 6.45) is 0. The van der Waals surface area contributed by atoms with Crippen LogP contribution in [0.4, 0.5) is 11.5 Å².